The van der Waals surface area contributed by atoms with Crippen LogP contribution in [0, 0.1) is 0 Å². The summed E-state index contributed by atoms with van der Waals surface area (Å²) in [5, 5.41) is 6.81. The summed E-state index contributed by atoms with van der Waals surface area (Å²) in [6.45, 7) is 11.1. The average molecular weight is 667 g/mol. The number of piperazine rings is 1. The number of hydrogen-bond acceptors (Lipinski definition) is 12. The number of anilines is 4. The zero-order valence-electron chi connectivity index (χ0n) is 29.1. The number of hydrogen-bond donors (Lipinski definition) is 3. The second kappa shape index (κ2) is 17.1. The molecule has 5 rings (SSSR count). The summed E-state index contributed by atoms with van der Waals surface area (Å²) in [7, 11) is 3.17. The van der Waals surface area contributed by atoms with Gasteiger partial charge in [0.25, 0.3) is 5.91 Å². The molecule has 0 bridgehead atoms. The average Bonchev–Trinajstić information content (AvgIpc) is 3.12. The Kier molecular flexibility index (Phi) is 12.7. The van der Waals surface area contributed by atoms with Crippen LogP contribution in [-0.2, 0) is 20.7 Å². The van der Waals surface area contributed by atoms with Gasteiger partial charge in [0.2, 0.25) is 0 Å². The highest BCUT2D eigenvalue weighted by Gasteiger charge is 2.33. The number of piperidine rings is 1. The van der Waals surface area contributed by atoms with Crippen molar-refractivity contribution in [1.82, 2.24) is 19.8 Å². The quantitative estimate of drug-likeness (QED) is 0.252. The van der Waals surface area contributed by atoms with Gasteiger partial charge in [0.1, 0.15) is 11.8 Å². The van der Waals surface area contributed by atoms with Crippen LogP contribution >= 0.6 is 0 Å². The van der Waals surface area contributed by atoms with Crippen molar-refractivity contribution >= 4 is 34.9 Å². The molecule has 4 N–H and O–H groups in total. The smallest absolute Gasteiger partial charge is 0.323 e. The van der Waals surface area contributed by atoms with Gasteiger partial charge in [-0.05, 0) is 50.7 Å². The molecule has 13 heteroatoms. The maximum absolute atomic E-state index is 12.5. The highest BCUT2D eigenvalue weighted by Crippen LogP contribution is 2.35. The summed E-state index contributed by atoms with van der Waals surface area (Å²) in [6.07, 6.45) is 7.46. The number of carbonyl (C=O) groups excluding carboxylic acids is 2. The summed E-state index contributed by atoms with van der Waals surface area (Å²) in [5.74, 6) is 0.971. The van der Waals surface area contributed by atoms with Gasteiger partial charge in [-0.2, -0.15) is 0 Å². The predicted octanol–water partition coefficient (Wildman–Crippen LogP) is 3.80. The molecular weight excluding hydrogens is 612 g/mol. The second-order valence-electron chi connectivity index (χ2n) is 12.9. The van der Waals surface area contributed by atoms with Crippen LogP contribution < -0.4 is 26.0 Å². The van der Waals surface area contributed by atoms with E-state index >= 15 is 0 Å². The first kappa shape index (κ1) is 35.6. The Morgan fingerprint density at radius 2 is 1.73 bits per heavy atom. The van der Waals surface area contributed by atoms with Gasteiger partial charge in [0, 0.05) is 76.3 Å². The number of unbranched alkanes of at least 4 members (excludes halogenated alkanes) is 1. The minimum absolute atomic E-state index is 0.108. The summed E-state index contributed by atoms with van der Waals surface area (Å²) >= 11 is 0. The Labute approximate surface area is 284 Å². The highest BCUT2D eigenvalue weighted by molar-refractivity contribution is 5.96. The second-order valence-corrected chi connectivity index (χ2v) is 12.9. The fourth-order valence-corrected chi connectivity index (χ4v) is 7.15. The molecule has 1 aromatic carbocycles. The topological polar surface area (TPSA) is 147 Å². The van der Waals surface area contributed by atoms with Crippen LogP contribution in [0.25, 0.3) is 0 Å². The lowest BCUT2D eigenvalue weighted by Crippen LogP contribution is -2.56. The number of amides is 1. The first-order chi connectivity index (χ1) is 23.3. The van der Waals surface area contributed by atoms with Crippen molar-refractivity contribution in [2.45, 2.75) is 83.3 Å². The van der Waals surface area contributed by atoms with Crippen molar-refractivity contribution < 1.29 is 23.8 Å². The number of nitrogens with zero attached hydrogens (tertiary/aromatic N) is 5. The molecule has 48 heavy (non-hydrogen) atoms. The van der Waals surface area contributed by atoms with E-state index in [1.807, 2.05) is 19.1 Å². The first-order valence-electron chi connectivity index (χ1n) is 17.7. The number of rotatable bonds is 14. The lowest BCUT2D eigenvalue weighted by atomic mass is 10.0. The van der Waals surface area contributed by atoms with Crippen LogP contribution in [0.3, 0.4) is 0 Å². The van der Waals surface area contributed by atoms with E-state index in [0.717, 1.165) is 101 Å². The van der Waals surface area contributed by atoms with Crippen LogP contribution in [0.2, 0.25) is 0 Å². The van der Waals surface area contributed by atoms with E-state index in [9.17, 15) is 9.59 Å². The molecule has 1 amide bonds. The Hall–Kier alpha value is -3.68. The van der Waals surface area contributed by atoms with Gasteiger partial charge in [0.15, 0.2) is 17.3 Å². The summed E-state index contributed by atoms with van der Waals surface area (Å²) in [5.41, 5.74) is 8.33. The molecule has 1 atom stereocenters. The number of aryl methyl sites for hydroxylation is 1. The van der Waals surface area contributed by atoms with Gasteiger partial charge in [0.05, 0.1) is 25.6 Å². The third kappa shape index (κ3) is 8.66. The minimum Gasteiger partial charge on any atom is -0.495 e. The third-order valence-electron chi connectivity index (χ3n) is 9.96. The maximum atomic E-state index is 12.5. The minimum atomic E-state index is -0.634. The Balaban J connectivity index is 1.22. The molecule has 0 aliphatic carbocycles. The van der Waals surface area contributed by atoms with Crippen LogP contribution in [0.5, 0.6) is 5.75 Å². The SMILES string of the molecule is CCCCC(C(=O)OC)N1CCN(C2CCN(c3ccc(Nc4nc(NC5CCOCC5)c(CC)nc4C(N)=O)cc3OC)CC2)CC1. The van der Waals surface area contributed by atoms with Crippen molar-refractivity contribution in [3.63, 3.8) is 0 Å². The Morgan fingerprint density at radius 3 is 2.35 bits per heavy atom. The van der Waals surface area contributed by atoms with Gasteiger partial charge in [-0.3, -0.25) is 19.4 Å². The Morgan fingerprint density at radius 1 is 1.00 bits per heavy atom. The molecule has 264 valence electrons. The molecule has 3 aliphatic heterocycles. The van der Waals surface area contributed by atoms with E-state index in [0.29, 0.717) is 43.0 Å². The highest BCUT2D eigenvalue weighted by atomic mass is 16.5. The molecule has 13 nitrogen and oxygen atoms in total. The molecule has 0 radical (unpaired) electrons. The molecule has 2 aromatic rings. The lowest BCUT2D eigenvalue weighted by Gasteiger charge is -2.44. The fourth-order valence-electron chi connectivity index (χ4n) is 7.15. The van der Waals surface area contributed by atoms with Gasteiger partial charge in [-0.25, -0.2) is 9.97 Å². The van der Waals surface area contributed by atoms with Gasteiger partial charge in [-0.1, -0.05) is 26.7 Å². The Bertz CT molecular complexity index is 1370. The van der Waals surface area contributed by atoms with Crippen molar-refractivity contribution in [1.29, 1.82) is 0 Å². The molecule has 1 unspecified atom stereocenters. The molecule has 3 saturated heterocycles. The van der Waals surface area contributed by atoms with Crippen LogP contribution in [0.1, 0.15) is 75.0 Å². The lowest BCUT2D eigenvalue weighted by molar-refractivity contribution is -0.148. The predicted molar refractivity (Wildman–Crippen MR) is 187 cm³/mol. The van der Waals surface area contributed by atoms with Crippen molar-refractivity contribution in [2.75, 3.05) is 82.2 Å². The van der Waals surface area contributed by atoms with Crippen molar-refractivity contribution in [2.24, 2.45) is 5.73 Å². The number of nitrogens with two attached hydrogens (primary N) is 1. The van der Waals surface area contributed by atoms with E-state index in [2.05, 4.69) is 43.3 Å². The normalized spacial score (nSPS) is 19.1. The first-order valence-corrected chi connectivity index (χ1v) is 17.7. The number of benzene rings is 1. The number of primary amides is 1. The summed E-state index contributed by atoms with van der Waals surface area (Å²) in [4.78, 5) is 41.6. The monoisotopic (exact) mass is 666 g/mol. The van der Waals surface area contributed by atoms with E-state index < -0.39 is 5.91 Å². The summed E-state index contributed by atoms with van der Waals surface area (Å²) in [6, 6.07) is 6.58. The molecular formula is C35H54N8O5. The number of esters is 1. The van der Waals surface area contributed by atoms with Crippen molar-refractivity contribution in [3.8, 4) is 5.75 Å². The van der Waals surface area contributed by atoms with Gasteiger partial charge in [-0.15, -0.1) is 0 Å². The standard InChI is InChI=1S/C35H54N8O5/c1-5-7-8-29(35(45)47-4)43-19-17-41(18-20-43)26-11-15-42(16-12-26)28-10-9-25(23-30(28)46-3)38-34-31(32(36)44)39-27(6-2)33(40-34)37-24-13-21-48-22-14-24/h9-10,23-24,26,29H,5-8,11-22H2,1-4H3,(H2,36,44)(H2,37,38,40). The number of nitrogens with one attached hydrogen (secondary N) is 2. The molecule has 0 spiro atoms. The summed E-state index contributed by atoms with van der Waals surface area (Å²) < 4.78 is 16.5. The molecule has 1 aromatic heterocycles. The zero-order chi connectivity index (χ0) is 34.0. The van der Waals surface area contributed by atoms with E-state index in [1.54, 1.807) is 7.11 Å². The number of ether oxygens (including phenoxy) is 3. The third-order valence-corrected chi connectivity index (χ3v) is 9.96. The van der Waals surface area contributed by atoms with Crippen LogP contribution in [0.15, 0.2) is 18.2 Å². The fraction of sp³-hybridized carbons (Fsp3) is 0.657. The molecule has 0 saturated carbocycles. The van der Waals surface area contributed by atoms with Crippen LogP contribution in [0.4, 0.5) is 23.0 Å². The van der Waals surface area contributed by atoms with Crippen molar-refractivity contribution in [3.05, 3.63) is 29.6 Å². The number of aromatic nitrogens is 2. The maximum Gasteiger partial charge on any atom is 0.323 e. The van der Waals surface area contributed by atoms with E-state index in [4.69, 9.17) is 24.9 Å². The van der Waals surface area contributed by atoms with E-state index in [-0.39, 0.29) is 23.7 Å². The largest absolute Gasteiger partial charge is 0.495 e. The van der Waals surface area contributed by atoms with Gasteiger partial charge >= 0.3 is 5.97 Å². The molecule has 4 heterocycles. The molecule has 3 fully saturated rings. The van der Waals surface area contributed by atoms with E-state index in [1.165, 1.54) is 7.11 Å². The van der Waals surface area contributed by atoms with Crippen LogP contribution in [-0.4, -0.2) is 116 Å². The number of methoxy groups -OCH3 is 2. The van der Waals surface area contributed by atoms with Gasteiger partial charge < -0.3 is 35.5 Å². The number of carbonyl (C=O) groups is 2. The molecule has 3 aliphatic rings. The zero-order valence-corrected chi connectivity index (χ0v) is 29.1.